The Balaban J connectivity index is 1.75. The van der Waals surface area contributed by atoms with Gasteiger partial charge in [0, 0.05) is 20.4 Å². The van der Waals surface area contributed by atoms with E-state index in [2.05, 4.69) is 52.9 Å². The van der Waals surface area contributed by atoms with Crippen molar-refractivity contribution in [3.8, 4) is 11.5 Å². The minimum absolute atomic E-state index is 0.00228. The largest absolute Gasteiger partial charge is 0.490 e. The number of carbonyl (C=O) groups is 1. The van der Waals surface area contributed by atoms with Crippen LogP contribution in [-0.2, 0) is 6.61 Å². The number of carboxylic acids is 1. The van der Waals surface area contributed by atoms with E-state index < -0.39 is 5.97 Å². The maximum atomic E-state index is 13.5. The third-order valence-electron chi connectivity index (χ3n) is 6.21. The van der Waals surface area contributed by atoms with Crippen LogP contribution in [0.1, 0.15) is 60.4 Å². The van der Waals surface area contributed by atoms with E-state index in [-0.39, 0.29) is 23.6 Å². The summed E-state index contributed by atoms with van der Waals surface area (Å²) in [7, 11) is 0. The lowest BCUT2D eigenvalue weighted by Gasteiger charge is -2.17. The molecule has 4 aromatic rings. The Hall–Kier alpha value is -3.02. The molecule has 11 heteroatoms. The lowest BCUT2D eigenvalue weighted by Crippen LogP contribution is -2.23. The van der Waals surface area contributed by atoms with Gasteiger partial charge in [0.15, 0.2) is 11.5 Å². The van der Waals surface area contributed by atoms with Gasteiger partial charge in [0.05, 0.1) is 33.8 Å². The molecule has 8 nitrogen and oxygen atoms in total. The van der Waals surface area contributed by atoms with Crippen LogP contribution in [0.15, 0.2) is 71.8 Å². The number of aromatic nitrogens is 2. The number of benzene rings is 3. The predicted molar refractivity (Wildman–Crippen MR) is 166 cm³/mol. The van der Waals surface area contributed by atoms with Crippen LogP contribution in [0, 0.1) is 0 Å². The summed E-state index contributed by atoms with van der Waals surface area (Å²) < 4.78 is 15.3. The Kier molecular flexibility index (Phi) is 9.81. The summed E-state index contributed by atoms with van der Waals surface area (Å²) in [6.07, 6.45) is 2.37. The molecule has 0 aliphatic carbocycles. The van der Waals surface area contributed by atoms with Gasteiger partial charge in [-0.15, -0.1) is 0 Å². The summed E-state index contributed by atoms with van der Waals surface area (Å²) >= 11 is 10.6. The van der Waals surface area contributed by atoms with E-state index in [4.69, 9.17) is 14.5 Å². The van der Waals surface area contributed by atoms with Crippen LogP contribution >= 0.6 is 47.8 Å². The zero-order valence-corrected chi connectivity index (χ0v) is 26.7. The third-order valence-corrected chi connectivity index (χ3v) is 8.85. The number of halogens is 3. The van der Waals surface area contributed by atoms with E-state index in [1.165, 1.54) is 10.7 Å². The van der Waals surface area contributed by atoms with E-state index in [1.807, 2.05) is 32.9 Å². The molecule has 1 N–H and O–H groups in total. The zero-order valence-electron chi connectivity index (χ0n) is 22.0. The van der Waals surface area contributed by atoms with Gasteiger partial charge in [-0.25, -0.2) is 9.78 Å². The molecule has 208 valence electrons. The molecule has 0 spiro atoms. The zero-order chi connectivity index (χ0) is 29.0. The first-order valence-electron chi connectivity index (χ1n) is 12.5. The maximum absolute atomic E-state index is 13.5. The minimum atomic E-state index is -1.01. The van der Waals surface area contributed by atoms with E-state index in [0.717, 1.165) is 10.9 Å². The van der Waals surface area contributed by atoms with Crippen molar-refractivity contribution in [2.45, 2.75) is 39.7 Å². The first kappa shape index (κ1) is 30.0. The van der Waals surface area contributed by atoms with Crippen molar-refractivity contribution in [3.05, 3.63) is 94.8 Å². The van der Waals surface area contributed by atoms with Crippen LogP contribution in [0.5, 0.6) is 11.5 Å². The SMILES string of the molecule is CCOc1cc(C=Nn2c([C@@H](C)CC)nc3ccc(Br)cc3c2=O)c(Br)c(Br)c1OCc1cccc(C(=O)O)c1. The van der Waals surface area contributed by atoms with Gasteiger partial charge in [0.1, 0.15) is 12.4 Å². The van der Waals surface area contributed by atoms with E-state index in [1.54, 1.807) is 36.5 Å². The lowest BCUT2D eigenvalue weighted by molar-refractivity contribution is 0.0696. The van der Waals surface area contributed by atoms with Crippen LogP contribution in [0.25, 0.3) is 10.9 Å². The highest BCUT2D eigenvalue weighted by Crippen LogP contribution is 2.43. The van der Waals surface area contributed by atoms with Gasteiger partial charge in [-0.3, -0.25) is 4.79 Å². The van der Waals surface area contributed by atoms with E-state index in [9.17, 15) is 14.7 Å². The summed E-state index contributed by atoms with van der Waals surface area (Å²) in [5.41, 5.74) is 1.88. The molecule has 3 aromatic carbocycles. The molecule has 0 bridgehead atoms. The average molecular weight is 736 g/mol. The topological polar surface area (TPSA) is 103 Å². The second kappa shape index (κ2) is 13.1. The van der Waals surface area contributed by atoms with Gasteiger partial charge in [0.25, 0.3) is 5.56 Å². The maximum Gasteiger partial charge on any atom is 0.335 e. The van der Waals surface area contributed by atoms with Crippen molar-refractivity contribution in [2.24, 2.45) is 5.10 Å². The fraction of sp³-hybridized carbons (Fsp3) is 0.241. The lowest BCUT2D eigenvalue weighted by atomic mass is 10.1. The summed E-state index contributed by atoms with van der Waals surface area (Å²) in [4.78, 5) is 29.6. The molecule has 1 atom stereocenters. The minimum Gasteiger partial charge on any atom is -0.490 e. The third kappa shape index (κ3) is 6.47. The normalized spacial score (nSPS) is 12.2. The molecule has 0 saturated heterocycles. The van der Waals surface area contributed by atoms with E-state index >= 15 is 0 Å². The Labute approximate surface area is 256 Å². The average Bonchev–Trinajstić information content (AvgIpc) is 2.94. The second-order valence-electron chi connectivity index (χ2n) is 8.95. The van der Waals surface area contributed by atoms with Gasteiger partial charge in [-0.1, -0.05) is 41.9 Å². The molecule has 0 radical (unpaired) electrons. The van der Waals surface area contributed by atoms with E-state index in [0.29, 0.717) is 54.9 Å². The molecular weight excluding hydrogens is 710 g/mol. The number of carboxylic acid groups (broad SMARTS) is 1. The van der Waals surface area contributed by atoms with Gasteiger partial charge in [-0.2, -0.15) is 9.78 Å². The molecule has 0 aliphatic rings. The highest BCUT2D eigenvalue weighted by molar-refractivity contribution is 9.13. The molecule has 1 aromatic heterocycles. The predicted octanol–water partition coefficient (Wildman–Crippen LogP) is 7.76. The fourth-order valence-electron chi connectivity index (χ4n) is 3.94. The molecule has 0 fully saturated rings. The Morgan fingerprint density at radius 2 is 1.88 bits per heavy atom. The number of nitrogens with zero attached hydrogens (tertiary/aromatic N) is 3. The number of ether oxygens (including phenoxy) is 2. The summed E-state index contributed by atoms with van der Waals surface area (Å²) in [6.45, 7) is 6.43. The van der Waals surface area contributed by atoms with Crippen LogP contribution in [0.4, 0.5) is 0 Å². The summed E-state index contributed by atoms with van der Waals surface area (Å²) in [5, 5.41) is 14.3. The fourth-order valence-corrected chi connectivity index (χ4v) is 5.24. The highest BCUT2D eigenvalue weighted by Gasteiger charge is 2.19. The first-order chi connectivity index (χ1) is 19.1. The monoisotopic (exact) mass is 733 g/mol. The Morgan fingerprint density at radius 1 is 1.10 bits per heavy atom. The van der Waals surface area contributed by atoms with Crippen LogP contribution < -0.4 is 15.0 Å². The molecule has 0 unspecified atom stereocenters. The molecule has 40 heavy (non-hydrogen) atoms. The number of hydrogen-bond acceptors (Lipinski definition) is 6. The van der Waals surface area contributed by atoms with Gasteiger partial charge >= 0.3 is 5.97 Å². The van der Waals surface area contributed by atoms with Gasteiger partial charge in [-0.05, 0) is 87.2 Å². The standard InChI is InChI=1S/C29H26Br3N3O5/c1-4-16(3)27-34-22-10-9-20(30)13-21(22)28(36)35(27)33-14-19-12-23(39-5-2)26(25(32)24(19)31)40-15-17-7-6-8-18(11-17)29(37)38/h6-14,16H,4-5,15H2,1-3H3,(H,37,38)/t16-/m0/s1. The molecule has 0 aliphatic heterocycles. The number of rotatable bonds is 10. The van der Waals surface area contributed by atoms with Gasteiger partial charge in [0.2, 0.25) is 0 Å². The van der Waals surface area contributed by atoms with Gasteiger partial charge < -0.3 is 14.6 Å². The second-order valence-corrected chi connectivity index (χ2v) is 11.5. The highest BCUT2D eigenvalue weighted by atomic mass is 79.9. The first-order valence-corrected chi connectivity index (χ1v) is 14.9. The molecular formula is C29H26Br3N3O5. The van der Waals surface area contributed by atoms with Crippen molar-refractivity contribution < 1.29 is 19.4 Å². The number of hydrogen-bond donors (Lipinski definition) is 1. The Morgan fingerprint density at radius 3 is 2.58 bits per heavy atom. The molecule has 4 rings (SSSR count). The van der Waals surface area contributed by atoms with Crippen LogP contribution in [-0.4, -0.2) is 33.6 Å². The smallest absolute Gasteiger partial charge is 0.335 e. The van der Waals surface area contributed by atoms with Crippen LogP contribution in [0.3, 0.4) is 0 Å². The number of aromatic carboxylic acids is 1. The quantitative estimate of drug-likeness (QED) is 0.167. The van der Waals surface area contributed by atoms with Crippen molar-refractivity contribution in [3.63, 3.8) is 0 Å². The molecule has 0 saturated carbocycles. The van der Waals surface area contributed by atoms with Crippen LogP contribution in [0.2, 0.25) is 0 Å². The summed E-state index contributed by atoms with van der Waals surface area (Å²) in [6, 6.07) is 13.7. The van der Waals surface area contributed by atoms with Crippen molar-refractivity contribution in [1.82, 2.24) is 9.66 Å². The molecule has 1 heterocycles. The van der Waals surface area contributed by atoms with Crippen molar-refractivity contribution in [2.75, 3.05) is 6.61 Å². The summed E-state index contributed by atoms with van der Waals surface area (Å²) in [5.74, 6) is 0.476. The number of fused-ring (bicyclic) bond motifs is 1. The van der Waals surface area contributed by atoms with Crippen molar-refractivity contribution in [1.29, 1.82) is 0 Å². The van der Waals surface area contributed by atoms with Crippen molar-refractivity contribution >= 4 is 70.9 Å². The Bertz CT molecular complexity index is 1670. The molecule has 0 amide bonds.